The average Bonchev–Trinajstić information content (AvgIpc) is 1.72. The number of aliphatic imine (C=N–C) groups is 1. The van der Waals surface area contributed by atoms with Crippen LogP contribution in [0, 0.1) is 0 Å². The molecule has 0 aliphatic carbocycles. The summed E-state index contributed by atoms with van der Waals surface area (Å²) in [6.07, 6.45) is 3.69. The van der Waals surface area contributed by atoms with Crippen molar-refractivity contribution in [2.24, 2.45) is 4.99 Å². The largest absolute Gasteiger partial charge is 1.00 e. The van der Waals surface area contributed by atoms with Crippen LogP contribution in [0.25, 0.3) is 0 Å². The van der Waals surface area contributed by atoms with E-state index in [1.165, 1.54) is 0 Å². The Bertz CT molecular complexity index is 77.7. The molecule has 32 valence electrons. The third-order valence-corrected chi connectivity index (χ3v) is 1.18. The second-order valence-corrected chi connectivity index (χ2v) is 1.89. The summed E-state index contributed by atoms with van der Waals surface area (Å²) >= 11 is 1.77. The molecule has 0 radical (unpaired) electrons. The Balaban J connectivity index is 0.000000360. The summed E-state index contributed by atoms with van der Waals surface area (Å²) in [4.78, 5) is 3.85. The third kappa shape index (κ3) is 0.863. The van der Waals surface area contributed by atoms with Crippen LogP contribution in [0.2, 0.25) is 0 Å². The zero-order chi connectivity index (χ0) is 4.24. The molecule has 1 aliphatic rings. The molecular weight excluding hydrogens is 94.1 g/mol. The standard InChI is InChI=1S/C4H5NS/c1-3-6-4-2-5-1/h1-3H,4H2/p+1. The summed E-state index contributed by atoms with van der Waals surface area (Å²) in [7, 11) is 0. The first-order chi connectivity index (χ1) is 3.00. The fraction of sp³-hybridized carbons (Fsp3) is 0.250. The molecule has 0 fully saturated rings. The topological polar surface area (TPSA) is 12.4 Å². The van der Waals surface area contributed by atoms with Crippen LogP contribution >= 0.6 is 11.8 Å². The van der Waals surface area contributed by atoms with Crippen LogP contribution in [0.5, 0.6) is 0 Å². The molecule has 0 N–H and O–H groups in total. The zero-order valence-electron chi connectivity index (χ0n) is 4.29. The highest BCUT2D eigenvalue weighted by Gasteiger charge is 1.78. The summed E-state index contributed by atoms with van der Waals surface area (Å²) in [5.41, 5.74) is 0. The fourth-order valence-corrected chi connectivity index (χ4v) is 0.720. The molecule has 1 rings (SSSR count). The van der Waals surface area contributed by atoms with Gasteiger partial charge >= 0.3 is 1.43 Å². The highest BCUT2D eigenvalue weighted by Crippen LogP contribution is 2.02. The molecule has 0 aromatic rings. The van der Waals surface area contributed by atoms with Crippen LogP contribution < -0.4 is 0 Å². The van der Waals surface area contributed by atoms with Gasteiger partial charge in [-0.1, -0.05) is 0 Å². The van der Waals surface area contributed by atoms with E-state index in [1.807, 2.05) is 11.6 Å². The van der Waals surface area contributed by atoms with Gasteiger partial charge in [0.25, 0.3) is 0 Å². The second-order valence-electron chi connectivity index (χ2n) is 0.950. The van der Waals surface area contributed by atoms with E-state index < -0.39 is 0 Å². The van der Waals surface area contributed by atoms with Crippen LogP contribution in [0.15, 0.2) is 16.6 Å². The normalized spacial score (nSPS) is 18.7. The van der Waals surface area contributed by atoms with E-state index in [9.17, 15) is 0 Å². The van der Waals surface area contributed by atoms with Crippen molar-refractivity contribution in [3.8, 4) is 0 Å². The first-order valence-corrected chi connectivity index (χ1v) is 2.83. The second kappa shape index (κ2) is 2.03. The maximum Gasteiger partial charge on any atom is 1.00 e. The maximum atomic E-state index is 3.85. The summed E-state index contributed by atoms with van der Waals surface area (Å²) in [6.45, 7) is 0. The number of hydrogen-bond acceptors (Lipinski definition) is 2. The van der Waals surface area contributed by atoms with E-state index in [4.69, 9.17) is 0 Å². The Morgan fingerprint density at radius 1 is 1.83 bits per heavy atom. The van der Waals surface area contributed by atoms with Crippen molar-refractivity contribution in [3.63, 3.8) is 0 Å². The van der Waals surface area contributed by atoms with E-state index in [0.717, 1.165) is 5.75 Å². The van der Waals surface area contributed by atoms with Gasteiger partial charge in [-0.25, -0.2) is 0 Å². The molecule has 1 aliphatic heterocycles. The predicted octanol–water partition coefficient (Wildman–Crippen LogP) is 1.39. The van der Waals surface area contributed by atoms with E-state index in [0.29, 0.717) is 0 Å². The van der Waals surface area contributed by atoms with Crippen molar-refractivity contribution in [2.45, 2.75) is 0 Å². The lowest BCUT2D eigenvalue weighted by atomic mass is 10.8. The van der Waals surface area contributed by atoms with Gasteiger partial charge in [-0.2, -0.15) is 0 Å². The molecule has 0 unspecified atom stereocenters. The quantitative estimate of drug-likeness (QED) is 0.448. The lowest BCUT2D eigenvalue weighted by Gasteiger charge is -1.87. The first-order valence-electron chi connectivity index (χ1n) is 1.78. The van der Waals surface area contributed by atoms with E-state index in [-0.39, 0.29) is 1.43 Å². The summed E-state index contributed by atoms with van der Waals surface area (Å²) in [5, 5.41) is 1.99. The van der Waals surface area contributed by atoms with Crippen molar-refractivity contribution in [3.05, 3.63) is 11.6 Å². The van der Waals surface area contributed by atoms with Gasteiger partial charge in [0, 0.05) is 18.2 Å². The monoisotopic (exact) mass is 100 g/mol. The van der Waals surface area contributed by atoms with Gasteiger partial charge < -0.3 is 0 Å². The molecule has 0 spiro atoms. The molecule has 0 saturated carbocycles. The molecule has 0 aromatic heterocycles. The van der Waals surface area contributed by atoms with Crippen molar-refractivity contribution >= 4 is 18.0 Å². The first kappa shape index (κ1) is 3.93. The van der Waals surface area contributed by atoms with E-state index in [2.05, 4.69) is 4.99 Å². The number of thioether (sulfide) groups is 1. The van der Waals surface area contributed by atoms with Gasteiger partial charge in [-0.3, -0.25) is 4.99 Å². The van der Waals surface area contributed by atoms with Gasteiger partial charge in [0.15, 0.2) is 0 Å². The van der Waals surface area contributed by atoms with E-state index in [1.54, 1.807) is 18.0 Å². The molecule has 0 aromatic carbocycles. The molecule has 2 heteroatoms. The van der Waals surface area contributed by atoms with Crippen LogP contribution in [0.4, 0.5) is 0 Å². The minimum Gasteiger partial charge on any atom is -0.268 e. The highest BCUT2D eigenvalue weighted by molar-refractivity contribution is 8.02. The van der Waals surface area contributed by atoms with Crippen molar-refractivity contribution in [1.82, 2.24) is 0 Å². The van der Waals surface area contributed by atoms with Gasteiger partial charge in [0.2, 0.25) is 0 Å². The molecule has 0 amide bonds. The third-order valence-electron chi connectivity index (χ3n) is 0.519. The Labute approximate surface area is 42.6 Å². The van der Waals surface area contributed by atoms with Crippen molar-refractivity contribution in [2.75, 3.05) is 5.75 Å². The average molecular weight is 100 g/mol. The molecule has 6 heavy (non-hydrogen) atoms. The van der Waals surface area contributed by atoms with Gasteiger partial charge in [0.05, 0.1) is 0 Å². The van der Waals surface area contributed by atoms with Gasteiger partial charge in [-0.15, -0.1) is 11.8 Å². The number of hydrogen-bond donors (Lipinski definition) is 0. The Morgan fingerprint density at radius 3 is 3.00 bits per heavy atom. The summed E-state index contributed by atoms with van der Waals surface area (Å²) in [6, 6.07) is 0. The van der Waals surface area contributed by atoms with E-state index >= 15 is 0 Å². The van der Waals surface area contributed by atoms with Crippen molar-refractivity contribution < 1.29 is 1.43 Å². The number of nitrogens with zero attached hydrogens (tertiary/aromatic N) is 1. The minimum atomic E-state index is 0. The maximum absolute atomic E-state index is 3.85. The molecule has 0 bridgehead atoms. The summed E-state index contributed by atoms with van der Waals surface area (Å²) < 4.78 is 0. The van der Waals surface area contributed by atoms with Crippen LogP contribution in [-0.2, 0) is 0 Å². The lowest BCUT2D eigenvalue weighted by molar-refractivity contribution is 1.59. The molecule has 1 nitrogen and oxygen atoms in total. The zero-order valence-corrected chi connectivity index (χ0v) is 4.11. The smallest absolute Gasteiger partial charge is 0.268 e. The SMILES string of the molecule is C1=CSCC=N1.[H+]. The Kier molecular flexibility index (Phi) is 1.33. The molecule has 1 heterocycles. The highest BCUT2D eigenvalue weighted by atomic mass is 32.2. The predicted molar refractivity (Wildman–Crippen MR) is 31.2 cm³/mol. The van der Waals surface area contributed by atoms with Crippen LogP contribution in [0.3, 0.4) is 0 Å². The van der Waals surface area contributed by atoms with Crippen LogP contribution in [0.1, 0.15) is 1.43 Å². The van der Waals surface area contributed by atoms with Crippen molar-refractivity contribution in [1.29, 1.82) is 0 Å². The number of rotatable bonds is 0. The Morgan fingerprint density at radius 2 is 2.83 bits per heavy atom. The molecule has 0 saturated heterocycles. The fourth-order valence-electron chi connectivity index (χ4n) is 0.281. The Hall–Kier alpha value is -0.240. The molecular formula is C4H6NS+. The lowest BCUT2D eigenvalue weighted by Crippen LogP contribution is -1.77. The molecule has 0 atom stereocenters. The minimum absolute atomic E-state index is 0. The van der Waals surface area contributed by atoms with Gasteiger partial charge in [0.1, 0.15) is 0 Å². The summed E-state index contributed by atoms with van der Waals surface area (Å²) in [5.74, 6) is 1.04. The van der Waals surface area contributed by atoms with Gasteiger partial charge in [-0.05, 0) is 5.41 Å². The van der Waals surface area contributed by atoms with Crippen LogP contribution in [-0.4, -0.2) is 12.0 Å².